The summed E-state index contributed by atoms with van der Waals surface area (Å²) in [6.45, 7) is 1.73. The Morgan fingerprint density at radius 1 is 1.54 bits per heavy atom. The van der Waals surface area contributed by atoms with Crippen LogP contribution >= 0.6 is 0 Å². The third-order valence-corrected chi connectivity index (χ3v) is 1.76. The van der Waals surface area contributed by atoms with Crippen LogP contribution in [0.3, 0.4) is 0 Å². The number of rotatable bonds is 3. The van der Waals surface area contributed by atoms with E-state index in [0.29, 0.717) is 11.6 Å². The second kappa shape index (κ2) is 4.20. The monoisotopic (exact) mass is 182 g/mol. The minimum absolute atomic E-state index is 0.334. The molecule has 0 aliphatic carbocycles. The molecular weight excluding hydrogens is 168 g/mol. The maximum absolute atomic E-state index is 9.57. The van der Waals surface area contributed by atoms with Crippen LogP contribution in [-0.2, 0) is 0 Å². The number of methoxy groups -OCH3 is 1. The first-order chi connectivity index (χ1) is 6.15. The normalized spacial score (nSPS) is 15.1. The Morgan fingerprint density at radius 2 is 2.23 bits per heavy atom. The highest BCUT2D eigenvalue weighted by Gasteiger charge is 2.13. The summed E-state index contributed by atoms with van der Waals surface area (Å²) in [6, 6.07) is 4.88. The first-order valence-electron chi connectivity index (χ1n) is 4.09. The average Bonchev–Trinajstić information content (AvgIpc) is 2.16. The van der Waals surface area contributed by atoms with Crippen LogP contribution in [0, 0.1) is 0 Å². The van der Waals surface area contributed by atoms with E-state index in [1.807, 2.05) is 0 Å². The van der Waals surface area contributed by atoms with Crippen molar-refractivity contribution in [2.45, 2.75) is 19.1 Å². The molecule has 4 nitrogen and oxygen atoms in total. The van der Waals surface area contributed by atoms with Gasteiger partial charge in [0.25, 0.3) is 0 Å². The fourth-order valence-electron chi connectivity index (χ4n) is 0.979. The van der Waals surface area contributed by atoms with Crippen molar-refractivity contribution in [2.24, 2.45) is 5.73 Å². The fraction of sp³-hybridized carbons (Fsp3) is 0.444. The summed E-state index contributed by atoms with van der Waals surface area (Å²) >= 11 is 0. The van der Waals surface area contributed by atoms with E-state index in [2.05, 4.69) is 4.98 Å². The highest BCUT2D eigenvalue weighted by molar-refractivity contribution is 5.17. The van der Waals surface area contributed by atoms with Crippen molar-refractivity contribution >= 4 is 0 Å². The number of nitrogens with zero attached hydrogens (tertiary/aromatic N) is 1. The molecule has 72 valence electrons. The zero-order valence-electron chi connectivity index (χ0n) is 7.77. The van der Waals surface area contributed by atoms with E-state index in [0.717, 1.165) is 0 Å². The van der Waals surface area contributed by atoms with Crippen molar-refractivity contribution in [1.29, 1.82) is 0 Å². The molecule has 2 atom stereocenters. The third kappa shape index (κ3) is 2.40. The van der Waals surface area contributed by atoms with Crippen LogP contribution in [0.5, 0.6) is 5.88 Å². The van der Waals surface area contributed by atoms with E-state index in [9.17, 15) is 5.11 Å². The number of nitrogens with two attached hydrogens (primary N) is 1. The zero-order valence-corrected chi connectivity index (χ0v) is 7.77. The zero-order chi connectivity index (χ0) is 9.84. The quantitative estimate of drug-likeness (QED) is 0.713. The third-order valence-electron chi connectivity index (χ3n) is 1.76. The van der Waals surface area contributed by atoms with Gasteiger partial charge in [-0.3, -0.25) is 0 Å². The lowest BCUT2D eigenvalue weighted by Gasteiger charge is -2.13. The molecule has 0 aliphatic rings. The Kier molecular flexibility index (Phi) is 3.22. The van der Waals surface area contributed by atoms with Gasteiger partial charge >= 0.3 is 0 Å². The average molecular weight is 182 g/mol. The molecule has 1 rings (SSSR count). The van der Waals surface area contributed by atoms with Crippen LogP contribution in [0.15, 0.2) is 18.2 Å². The van der Waals surface area contributed by atoms with E-state index in [4.69, 9.17) is 10.5 Å². The molecule has 1 aromatic heterocycles. The highest BCUT2D eigenvalue weighted by atomic mass is 16.5. The molecule has 0 amide bonds. The molecule has 0 fully saturated rings. The first-order valence-corrected chi connectivity index (χ1v) is 4.09. The molecule has 0 saturated carbocycles. The van der Waals surface area contributed by atoms with Crippen LogP contribution < -0.4 is 10.5 Å². The van der Waals surface area contributed by atoms with Gasteiger partial charge in [-0.1, -0.05) is 6.07 Å². The summed E-state index contributed by atoms with van der Waals surface area (Å²) in [5.74, 6) is 0.484. The van der Waals surface area contributed by atoms with Gasteiger partial charge in [-0.05, 0) is 13.0 Å². The Morgan fingerprint density at radius 3 is 2.77 bits per heavy atom. The molecule has 4 heteroatoms. The van der Waals surface area contributed by atoms with Crippen LogP contribution in [-0.4, -0.2) is 23.2 Å². The molecule has 0 aliphatic heterocycles. The van der Waals surface area contributed by atoms with E-state index >= 15 is 0 Å². The lowest BCUT2D eigenvalue weighted by molar-refractivity contribution is 0.148. The fourth-order valence-corrected chi connectivity index (χ4v) is 0.979. The molecule has 0 spiro atoms. The van der Waals surface area contributed by atoms with Crippen molar-refractivity contribution in [1.82, 2.24) is 4.98 Å². The number of aliphatic hydroxyl groups excluding tert-OH is 1. The molecule has 3 N–H and O–H groups in total. The van der Waals surface area contributed by atoms with E-state index in [1.54, 1.807) is 25.1 Å². The number of pyridine rings is 1. The Bertz CT molecular complexity index is 276. The number of hydrogen-bond donors (Lipinski definition) is 2. The van der Waals surface area contributed by atoms with Gasteiger partial charge in [0.1, 0.15) is 6.10 Å². The second-order valence-electron chi connectivity index (χ2n) is 2.91. The van der Waals surface area contributed by atoms with Gasteiger partial charge in [0.15, 0.2) is 0 Å². The maximum atomic E-state index is 9.57. The SMILES string of the molecule is COc1cccc([C@@H](O)[C@H](C)N)n1. The van der Waals surface area contributed by atoms with Gasteiger partial charge in [-0.2, -0.15) is 0 Å². The molecule has 13 heavy (non-hydrogen) atoms. The van der Waals surface area contributed by atoms with Crippen LogP contribution in [0.4, 0.5) is 0 Å². The molecule has 1 aromatic rings. The van der Waals surface area contributed by atoms with Crippen molar-refractivity contribution in [2.75, 3.05) is 7.11 Å². The second-order valence-corrected chi connectivity index (χ2v) is 2.91. The summed E-state index contributed by atoms with van der Waals surface area (Å²) in [7, 11) is 1.53. The topological polar surface area (TPSA) is 68.4 Å². The number of ether oxygens (including phenoxy) is 1. The van der Waals surface area contributed by atoms with Gasteiger partial charge in [0.2, 0.25) is 5.88 Å². The van der Waals surface area contributed by atoms with Gasteiger partial charge < -0.3 is 15.6 Å². The smallest absolute Gasteiger partial charge is 0.213 e. The predicted molar refractivity (Wildman–Crippen MR) is 49.4 cm³/mol. The molecule has 1 heterocycles. The number of hydrogen-bond acceptors (Lipinski definition) is 4. The van der Waals surface area contributed by atoms with Crippen LogP contribution in [0.2, 0.25) is 0 Å². The van der Waals surface area contributed by atoms with Crippen molar-refractivity contribution in [3.05, 3.63) is 23.9 Å². The van der Waals surface area contributed by atoms with Crippen LogP contribution in [0.1, 0.15) is 18.7 Å². The Hall–Kier alpha value is -1.13. The van der Waals surface area contributed by atoms with Gasteiger partial charge in [-0.15, -0.1) is 0 Å². The standard InChI is InChI=1S/C9H14N2O2/c1-6(10)9(12)7-4-3-5-8(11-7)13-2/h3-6,9,12H,10H2,1-2H3/t6-,9-/m0/s1. The van der Waals surface area contributed by atoms with Crippen LogP contribution in [0.25, 0.3) is 0 Å². The van der Waals surface area contributed by atoms with E-state index in [-0.39, 0.29) is 6.04 Å². The molecule has 0 aromatic carbocycles. The maximum Gasteiger partial charge on any atom is 0.213 e. The number of aromatic nitrogens is 1. The molecular formula is C9H14N2O2. The minimum atomic E-state index is -0.741. The molecule has 0 radical (unpaired) electrons. The van der Waals surface area contributed by atoms with Crippen molar-refractivity contribution in [3.63, 3.8) is 0 Å². The summed E-state index contributed by atoms with van der Waals surface area (Å²) in [4.78, 5) is 4.06. The van der Waals surface area contributed by atoms with Gasteiger partial charge in [0.05, 0.1) is 12.8 Å². The van der Waals surface area contributed by atoms with E-state index in [1.165, 1.54) is 7.11 Å². The van der Waals surface area contributed by atoms with Crippen molar-refractivity contribution < 1.29 is 9.84 Å². The van der Waals surface area contributed by atoms with Gasteiger partial charge in [-0.25, -0.2) is 4.98 Å². The molecule has 0 saturated heterocycles. The summed E-state index contributed by atoms with van der Waals surface area (Å²) < 4.78 is 4.92. The summed E-state index contributed by atoms with van der Waals surface area (Å²) in [5.41, 5.74) is 6.07. The Labute approximate surface area is 77.4 Å². The number of aliphatic hydroxyl groups is 1. The van der Waals surface area contributed by atoms with E-state index < -0.39 is 6.10 Å². The highest BCUT2D eigenvalue weighted by Crippen LogP contribution is 2.15. The lowest BCUT2D eigenvalue weighted by Crippen LogP contribution is -2.25. The lowest BCUT2D eigenvalue weighted by atomic mass is 10.1. The summed E-state index contributed by atoms with van der Waals surface area (Å²) in [6.07, 6.45) is -0.741. The Balaban J connectivity index is 2.88. The largest absolute Gasteiger partial charge is 0.481 e. The van der Waals surface area contributed by atoms with Crippen molar-refractivity contribution in [3.8, 4) is 5.88 Å². The first kappa shape index (κ1) is 9.95. The predicted octanol–water partition coefficient (Wildman–Crippen LogP) is 0.471. The minimum Gasteiger partial charge on any atom is -0.481 e. The molecule has 0 bridgehead atoms. The molecule has 0 unspecified atom stereocenters. The summed E-state index contributed by atoms with van der Waals surface area (Å²) in [5, 5.41) is 9.57. The van der Waals surface area contributed by atoms with Gasteiger partial charge in [0, 0.05) is 12.1 Å².